The molecule has 0 saturated carbocycles. The van der Waals surface area contributed by atoms with Crippen molar-refractivity contribution in [3.8, 4) is 22.8 Å². The number of methoxy groups -OCH3 is 1. The molecule has 40 heavy (non-hydrogen) atoms. The zero-order valence-corrected chi connectivity index (χ0v) is 23.7. The van der Waals surface area contributed by atoms with Crippen molar-refractivity contribution < 1.29 is 23.4 Å². The van der Waals surface area contributed by atoms with Crippen LogP contribution in [0.2, 0.25) is 0 Å². The lowest BCUT2D eigenvalue weighted by Gasteiger charge is -2.44. The summed E-state index contributed by atoms with van der Waals surface area (Å²) in [5.74, 6) is 1.33. The molecule has 2 saturated heterocycles. The molecule has 0 radical (unpaired) electrons. The average molecular weight is 554 g/mol. The molecule has 12 heteroatoms. The molecule has 2 bridgehead atoms. The van der Waals surface area contributed by atoms with Crippen molar-refractivity contribution in [2.45, 2.75) is 76.9 Å². The molecule has 2 fully saturated rings. The fourth-order valence-corrected chi connectivity index (χ4v) is 5.45. The number of aryl methyl sites for hydroxylation is 1. The Hall–Kier alpha value is -3.80. The van der Waals surface area contributed by atoms with Crippen LogP contribution in [0.3, 0.4) is 0 Å². The maximum atomic E-state index is 15.8. The van der Waals surface area contributed by atoms with Gasteiger partial charge in [0.1, 0.15) is 17.5 Å². The lowest BCUT2D eigenvalue weighted by molar-refractivity contribution is -0.0104. The minimum atomic E-state index is -1.26. The monoisotopic (exact) mass is 553 g/mol. The average Bonchev–Trinajstić information content (AvgIpc) is 3.51. The molecule has 1 unspecified atom stereocenters. The van der Waals surface area contributed by atoms with Gasteiger partial charge in [0.2, 0.25) is 0 Å². The second-order valence-corrected chi connectivity index (χ2v) is 11.4. The van der Waals surface area contributed by atoms with E-state index in [1.807, 2.05) is 52.1 Å². The number of ether oxygens (including phenoxy) is 3. The van der Waals surface area contributed by atoms with Gasteiger partial charge >= 0.3 is 6.09 Å². The molecule has 4 atom stereocenters. The number of halogens is 1. The van der Waals surface area contributed by atoms with Gasteiger partial charge in [0.15, 0.2) is 18.4 Å². The van der Waals surface area contributed by atoms with Crippen molar-refractivity contribution >= 4 is 11.9 Å². The van der Waals surface area contributed by atoms with Crippen LogP contribution in [0, 0.1) is 6.92 Å². The van der Waals surface area contributed by atoms with Crippen LogP contribution in [0.5, 0.6) is 5.75 Å². The SMILES string of the molecule is COCOc1cc(-n2cc(C)cn2)ccc1-c1ncc(N(C)[C@H]2C[C@@H]3CCC([C@H]2F)N3C(=O)OC(C)(C)C)nn1. The Morgan fingerprint density at radius 2 is 2.00 bits per heavy atom. The number of alkyl halides is 1. The van der Waals surface area contributed by atoms with Gasteiger partial charge in [0.25, 0.3) is 0 Å². The molecule has 4 heterocycles. The minimum Gasteiger partial charge on any atom is -0.467 e. The van der Waals surface area contributed by atoms with Crippen molar-refractivity contribution in [2.75, 3.05) is 25.9 Å². The van der Waals surface area contributed by atoms with E-state index in [0.717, 1.165) is 17.7 Å². The van der Waals surface area contributed by atoms with Crippen LogP contribution in [0.4, 0.5) is 15.0 Å². The van der Waals surface area contributed by atoms with Crippen LogP contribution in [-0.4, -0.2) is 86.8 Å². The summed E-state index contributed by atoms with van der Waals surface area (Å²) in [7, 11) is 3.34. The highest BCUT2D eigenvalue weighted by Gasteiger charge is 2.52. The zero-order chi connectivity index (χ0) is 28.6. The summed E-state index contributed by atoms with van der Waals surface area (Å²) < 4.78 is 34.1. The van der Waals surface area contributed by atoms with E-state index < -0.39 is 29.9 Å². The highest BCUT2D eigenvalue weighted by atomic mass is 19.1. The standard InChI is InChI=1S/C28H36FN7O4/c1-17-13-31-35(15-17)18-7-9-20(23(12-18)39-16-38-6)26-30-14-24(32-33-26)34(5)22-11-19-8-10-21(25(22)29)36(19)27(37)40-28(2,3)4/h7,9,12-15,19,21-22,25H,8,10-11,16H2,1-6H3/t19-,21?,22-,25+/m0/s1. The molecule has 0 aliphatic carbocycles. The molecule has 2 aliphatic rings. The van der Waals surface area contributed by atoms with Gasteiger partial charge in [-0.3, -0.25) is 4.90 Å². The molecule has 1 aromatic carbocycles. The van der Waals surface area contributed by atoms with Gasteiger partial charge < -0.3 is 19.1 Å². The van der Waals surface area contributed by atoms with Crippen LogP contribution in [-0.2, 0) is 9.47 Å². The van der Waals surface area contributed by atoms with E-state index in [2.05, 4.69) is 20.3 Å². The lowest BCUT2D eigenvalue weighted by Crippen LogP contribution is -2.59. The fraction of sp³-hybridized carbons (Fsp3) is 0.536. The van der Waals surface area contributed by atoms with Crippen molar-refractivity contribution in [3.05, 3.63) is 42.4 Å². The van der Waals surface area contributed by atoms with E-state index in [-0.39, 0.29) is 12.8 Å². The highest BCUT2D eigenvalue weighted by molar-refractivity contribution is 5.70. The molecule has 214 valence electrons. The van der Waals surface area contributed by atoms with Crippen LogP contribution in [0.1, 0.15) is 45.6 Å². The molecule has 2 aliphatic heterocycles. The summed E-state index contributed by atoms with van der Waals surface area (Å²) >= 11 is 0. The zero-order valence-electron chi connectivity index (χ0n) is 23.7. The quantitative estimate of drug-likeness (QED) is 0.395. The first-order chi connectivity index (χ1) is 19.1. The van der Waals surface area contributed by atoms with Gasteiger partial charge in [-0.15, -0.1) is 10.2 Å². The Bertz CT molecular complexity index is 1340. The Labute approximate surface area is 233 Å². The topological polar surface area (TPSA) is 108 Å². The number of carbonyl (C=O) groups excluding carboxylic acids is 1. The summed E-state index contributed by atoms with van der Waals surface area (Å²) in [5, 5.41) is 13.1. The normalized spacial score (nSPS) is 22.3. The van der Waals surface area contributed by atoms with Crippen LogP contribution < -0.4 is 9.64 Å². The number of amides is 1. The first kappa shape index (κ1) is 27.8. The molecule has 0 spiro atoms. The van der Waals surface area contributed by atoms with E-state index >= 15 is 4.39 Å². The first-order valence-corrected chi connectivity index (χ1v) is 13.4. The fourth-order valence-electron chi connectivity index (χ4n) is 5.45. The summed E-state index contributed by atoms with van der Waals surface area (Å²) in [4.78, 5) is 20.7. The van der Waals surface area contributed by atoms with Gasteiger partial charge in [0, 0.05) is 32.5 Å². The lowest BCUT2D eigenvalue weighted by atomic mass is 9.94. The minimum absolute atomic E-state index is 0.0467. The molecule has 11 nitrogen and oxygen atoms in total. The van der Waals surface area contributed by atoms with Crippen LogP contribution in [0.25, 0.3) is 17.1 Å². The number of aromatic nitrogens is 5. The molecular formula is C28H36FN7O4. The second kappa shape index (κ2) is 11.0. The van der Waals surface area contributed by atoms with Gasteiger partial charge in [0.05, 0.1) is 35.7 Å². The van der Waals surface area contributed by atoms with E-state index in [4.69, 9.17) is 14.2 Å². The smallest absolute Gasteiger partial charge is 0.410 e. The molecule has 1 amide bonds. The van der Waals surface area contributed by atoms with Gasteiger partial charge in [-0.25, -0.2) is 18.9 Å². The third-order valence-corrected chi connectivity index (χ3v) is 7.32. The van der Waals surface area contributed by atoms with E-state index in [9.17, 15) is 4.79 Å². The number of hydrogen-bond donors (Lipinski definition) is 0. The Morgan fingerprint density at radius 3 is 2.65 bits per heavy atom. The van der Waals surface area contributed by atoms with E-state index in [1.165, 1.54) is 0 Å². The maximum Gasteiger partial charge on any atom is 0.410 e. The third kappa shape index (κ3) is 5.58. The first-order valence-electron chi connectivity index (χ1n) is 13.4. The van der Waals surface area contributed by atoms with E-state index in [0.29, 0.717) is 35.8 Å². The number of rotatable bonds is 7. The van der Waals surface area contributed by atoms with Crippen molar-refractivity contribution in [2.24, 2.45) is 0 Å². The predicted molar refractivity (Wildman–Crippen MR) is 146 cm³/mol. The largest absolute Gasteiger partial charge is 0.467 e. The van der Waals surface area contributed by atoms with Gasteiger partial charge in [-0.1, -0.05) is 0 Å². The Kier molecular flexibility index (Phi) is 7.63. The molecule has 0 N–H and O–H groups in total. The number of carbonyl (C=O) groups is 1. The number of benzene rings is 1. The summed E-state index contributed by atoms with van der Waals surface area (Å²) in [6.45, 7) is 7.47. The van der Waals surface area contributed by atoms with Gasteiger partial charge in [-0.2, -0.15) is 5.10 Å². The van der Waals surface area contributed by atoms with Crippen LogP contribution in [0.15, 0.2) is 36.8 Å². The number of piperidine rings is 1. The van der Waals surface area contributed by atoms with Crippen molar-refractivity contribution in [3.63, 3.8) is 0 Å². The Morgan fingerprint density at radius 1 is 1.20 bits per heavy atom. The maximum absolute atomic E-state index is 15.8. The molecule has 3 aromatic rings. The van der Waals surface area contributed by atoms with Crippen molar-refractivity contribution in [1.82, 2.24) is 29.9 Å². The summed E-state index contributed by atoms with van der Waals surface area (Å²) in [5.41, 5.74) is 1.85. The second-order valence-electron chi connectivity index (χ2n) is 11.4. The number of nitrogens with zero attached hydrogens (tertiary/aromatic N) is 7. The Balaban J connectivity index is 1.34. The number of anilines is 1. The third-order valence-electron chi connectivity index (χ3n) is 7.32. The molecule has 2 aromatic heterocycles. The summed E-state index contributed by atoms with van der Waals surface area (Å²) in [6.07, 6.45) is 5.40. The number of hydrogen-bond acceptors (Lipinski definition) is 9. The predicted octanol–water partition coefficient (Wildman–Crippen LogP) is 4.33. The van der Waals surface area contributed by atoms with E-state index in [1.54, 1.807) is 41.0 Å². The molecular weight excluding hydrogens is 517 g/mol. The highest BCUT2D eigenvalue weighted by Crippen LogP contribution is 2.41. The number of fused-ring (bicyclic) bond motifs is 2. The van der Waals surface area contributed by atoms with Crippen LogP contribution >= 0.6 is 0 Å². The van der Waals surface area contributed by atoms with Crippen molar-refractivity contribution in [1.29, 1.82) is 0 Å². The summed E-state index contributed by atoms with van der Waals surface area (Å²) in [6, 6.07) is 4.50. The van der Waals surface area contributed by atoms with Gasteiger partial charge in [-0.05, 0) is 64.7 Å². The molecule has 5 rings (SSSR count).